The van der Waals surface area contributed by atoms with Gasteiger partial charge in [0.25, 0.3) is 0 Å². The van der Waals surface area contributed by atoms with Crippen LogP contribution < -0.4 is 34.7 Å². The van der Waals surface area contributed by atoms with E-state index in [4.69, 9.17) is 15.3 Å². The van der Waals surface area contributed by atoms with Crippen LogP contribution in [0.4, 0.5) is 0 Å². The zero-order chi connectivity index (χ0) is 9.30. The molecule has 0 aliphatic carbocycles. The summed E-state index contributed by atoms with van der Waals surface area (Å²) in [5.41, 5.74) is 0. The second-order valence-electron chi connectivity index (χ2n) is 2.58. The molecule has 0 aromatic carbocycles. The van der Waals surface area contributed by atoms with Gasteiger partial charge in [-0.25, -0.2) is 0 Å². The van der Waals surface area contributed by atoms with E-state index >= 15 is 0 Å². The minimum absolute atomic E-state index is 0. The van der Waals surface area contributed by atoms with Gasteiger partial charge in [-0.3, -0.25) is 0 Å². The van der Waals surface area contributed by atoms with E-state index < -0.39 is 37.0 Å². The molecule has 0 amide bonds. The molecule has 0 bridgehead atoms. The summed E-state index contributed by atoms with van der Waals surface area (Å²) >= 11 is 0. The molecular formula is C6H9NaO6. The van der Waals surface area contributed by atoms with E-state index in [0.29, 0.717) is 0 Å². The Morgan fingerprint density at radius 2 is 1.92 bits per heavy atom. The normalized spacial score (nSPS) is 38.4. The molecule has 0 aromatic rings. The second-order valence-corrected chi connectivity index (χ2v) is 2.58. The number of rotatable bonds is 2. The van der Waals surface area contributed by atoms with Crippen molar-refractivity contribution in [3.63, 3.8) is 0 Å². The summed E-state index contributed by atoms with van der Waals surface area (Å²) in [5, 5.41) is 36.8. The molecular weight excluding hydrogens is 191 g/mol. The van der Waals surface area contributed by atoms with Crippen LogP contribution in [-0.2, 0) is 9.53 Å². The summed E-state index contributed by atoms with van der Waals surface area (Å²) in [6.07, 6.45) is -5.52. The first-order valence-electron chi connectivity index (χ1n) is 3.41. The number of carboxylic acids is 1. The number of ether oxygens (including phenoxy) is 1. The van der Waals surface area contributed by atoms with E-state index in [1.165, 1.54) is 0 Å². The van der Waals surface area contributed by atoms with E-state index in [1.807, 2.05) is 0 Å². The Balaban J connectivity index is 0.00000144. The Morgan fingerprint density at radius 1 is 1.38 bits per heavy atom. The van der Waals surface area contributed by atoms with Crippen molar-refractivity contribution in [1.29, 1.82) is 0 Å². The molecule has 1 aliphatic rings. The van der Waals surface area contributed by atoms with Gasteiger partial charge in [0.1, 0.15) is 24.4 Å². The molecule has 0 saturated carbocycles. The van der Waals surface area contributed by atoms with Gasteiger partial charge in [0, 0.05) is 0 Å². The van der Waals surface area contributed by atoms with E-state index in [9.17, 15) is 9.90 Å². The van der Waals surface area contributed by atoms with Gasteiger partial charge in [0.15, 0.2) is 0 Å². The molecule has 7 heteroatoms. The van der Waals surface area contributed by atoms with Gasteiger partial charge in [0.2, 0.25) is 0 Å². The number of aliphatic hydroxyl groups excluding tert-OH is 3. The fraction of sp³-hybridized carbons (Fsp3) is 0.833. The molecule has 1 fully saturated rings. The summed E-state index contributed by atoms with van der Waals surface area (Å²) in [4.78, 5) is 10.2. The van der Waals surface area contributed by atoms with Crippen LogP contribution >= 0.6 is 0 Å². The number of hydrogen-bond acceptors (Lipinski definition) is 6. The maximum Gasteiger partial charge on any atom is 1.00 e. The van der Waals surface area contributed by atoms with Gasteiger partial charge in [0.05, 0.1) is 12.6 Å². The van der Waals surface area contributed by atoms with Crippen molar-refractivity contribution in [3.05, 3.63) is 0 Å². The fourth-order valence-corrected chi connectivity index (χ4v) is 1.09. The standard InChI is InChI=1S/C6H10O6.Na/c7-1-2-3(8)4(9)5(12-2)6(10)11;/h2-5,7-9H,1H2,(H,10,11);/q;+1/p-1/t2-,3-,4+,5-;/m1./s1. The zero-order valence-corrected chi connectivity index (χ0v) is 9.08. The molecule has 3 N–H and O–H groups in total. The van der Waals surface area contributed by atoms with Crippen molar-refractivity contribution in [3.8, 4) is 0 Å². The SMILES string of the molecule is O=C([O-])[C@@H]1O[C@H](CO)[C@@H](O)[C@@H]1O.[Na+]. The molecule has 6 nitrogen and oxygen atoms in total. The topological polar surface area (TPSA) is 110 Å². The summed E-state index contributed by atoms with van der Waals surface area (Å²) in [7, 11) is 0. The predicted octanol–water partition coefficient (Wildman–Crippen LogP) is -6.78. The van der Waals surface area contributed by atoms with Crippen LogP contribution in [0.3, 0.4) is 0 Å². The van der Waals surface area contributed by atoms with Crippen molar-refractivity contribution in [2.45, 2.75) is 24.4 Å². The predicted molar refractivity (Wildman–Crippen MR) is 32.8 cm³/mol. The van der Waals surface area contributed by atoms with Crippen LogP contribution in [-0.4, -0.2) is 52.3 Å². The number of carbonyl (C=O) groups is 1. The van der Waals surface area contributed by atoms with Crippen LogP contribution in [0, 0.1) is 0 Å². The molecule has 0 spiro atoms. The fourth-order valence-electron chi connectivity index (χ4n) is 1.09. The molecule has 1 saturated heterocycles. The number of aliphatic hydroxyl groups is 3. The smallest absolute Gasteiger partial charge is 0.547 e. The van der Waals surface area contributed by atoms with Gasteiger partial charge in [-0.15, -0.1) is 0 Å². The first-order valence-corrected chi connectivity index (χ1v) is 3.41. The van der Waals surface area contributed by atoms with Crippen molar-refractivity contribution in [2.75, 3.05) is 6.61 Å². The van der Waals surface area contributed by atoms with E-state index in [1.54, 1.807) is 0 Å². The molecule has 13 heavy (non-hydrogen) atoms. The zero-order valence-electron chi connectivity index (χ0n) is 7.08. The Kier molecular flexibility index (Phi) is 5.38. The summed E-state index contributed by atoms with van der Waals surface area (Å²) in [5.74, 6) is -1.60. The molecule has 1 aliphatic heterocycles. The van der Waals surface area contributed by atoms with Gasteiger partial charge < -0.3 is 30.0 Å². The van der Waals surface area contributed by atoms with E-state index in [-0.39, 0.29) is 29.6 Å². The Morgan fingerprint density at radius 3 is 2.15 bits per heavy atom. The summed E-state index contributed by atoms with van der Waals surface area (Å²) in [6.45, 7) is -0.540. The second kappa shape index (κ2) is 5.26. The molecule has 1 rings (SSSR count). The van der Waals surface area contributed by atoms with Crippen LogP contribution in [0.5, 0.6) is 0 Å². The van der Waals surface area contributed by atoms with Crippen molar-refractivity contribution >= 4 is 5.97 Å². The Bertz CT molecular complexity index is 186. The quantitative estimate of drug-likeness (QED) is 0.382. The molecule has 0 aromatic heterocycles. The van der Waals surface area contributed by atoms with Crippen LogP contribution in [0.1, 0.15) is 0 Å². The Labute approximate surface area is 96.4 Å². The average Bonchev–Trinajstić information content (AvgIpc) is 2.30. The number of carbonyl (C=O) groups excluding carboxylic acids is 1. The first kappa shape index (κ1) is 13.3. The molecule has 1 heterocycles. The van der Waals surface area contributed by atoms with Gasteiger partial charge >= 0.3 is 29.6 Å². The third-order valence-electron chi connectivity index (χ3n) is 1.77. The van der Waals surface area contributed by atoms with Crippen LogP contribution in [0.25, 0.3) is 0 Å². The minimum Gasteiger partial charge on any atom is -0.547 e. The van der Waals surface area contributed by atoms with Crippen molar-refractivity contribution in [2.24, 2.45) is 0 Å². The van der Waals surface area contributed by atoms with Crippen LogP contribution in [0.2, 0.25) is 0 Å². The Hall–Kier alpha value is 0.310. The summed E-state index contributed by atoms with van der Waals surface area (Å²) < 4.78 is 4.58. The molecule has 0 radical (unpaired) electrons. The van der Waals surface area contributed by atoms with Gasteiger partial charge in [-0.1, -0.05) is 0 Å². The van der Waals surface area contributed by atoms with Crippen molar-refractivity contribution < 1.29 is 59.5 Å². The maximum atomic E-state index is 10.2. The number of carboxylic acid groups (broad SMARTS) is 1. The maximum absolute atomic E-state index is 10.2. The largest absolute Gasteiger partial charge is 1.00 e. The van der Waals surface area contributed by atoms with Gasteiger partial charge in [-0.2, -0.15) is 0 Å². The minimum atomic E-state index is -1.60. The third-order valence-corrected chi connectivity index (χ3v) is 1.77. The van der Waals surface area contributed by atoms with Crippen molar-refractivity contribution in [1.82, 2.24) is 0 Å². The molecule has 70 valence electrons. The average molecular weight is 200 g/mol. The van der Waals surface area contributed by atoms with E-state index in [2.05, 4.69) is 4.74 Å². The van der Waals surface area contributed by atoms with E-state index in [0.717, 1.165) is 0 Å². The number of aliphatic carboxylic acids is 1. The molecule has 0 unspecified atom stereocenters. The third kappa shape index (κ3) is 2.63. The first-order chi connectivity index (χ1) is 5.57. The number of hydrogen-bond donors (Lipinski definition) is 3. The van der Waals surface area contributed by atoms with Gasteiger partial charge in [-0.05, 0) is 0 Å². The summed E-state index contributed by atoms with van der Waals surface area (Å²) in [6, 6.07) is 0. The monoisotopic (exact) mass is 200 g/mol. The van der Waals surface area contributed by atoms with Crippen LogP contribution in [0.15, 0.2) is 0 Å². The molecule has 4 atom stereocenters.